The van der Waals surface area contributed by atoms with Gasteiger partial charge in [-0.25, -0.2) is 0 Å². The van der Waals surface area contributed by atoms with Gasteiger partial charge in [0.1, 0.15) is 23.0 Å². The van der Waals surface area contributed by atoms with E-state index >= 15 is 0 Å². The van der Waals surface area contributed by atoms with E-state index in [1.807, 2.05) is 0 Å². The minimum Gasteiger partial charge on any atom is -0.494 e. The highest BCUT2D eigenvalue weighted by Gasteiger charge is 2.12. The van der Waals surface area contributed by atoms with Crippen LogP contribution in [0.4, 0.5) is 0 Å². The Bertz CT molecular complexity index is 4460. The van der Waals surface area contributed by atoms with Crippen molar-refractivity contribution in [2.24, 2.45) is 0 Å². The summed E-state index contributed by atoms with van der Waals surface area (Å²) in [6.45, 7) is 11.8. The van der Waals surface area contributed by atoms with E-state index < -0.39 is 0 Å². The molecule has 0 radical (unpaired) electrons. The first kappa shape index (κ1) is 68.0. The van der Waals surface area contributed by atoms with Crippen molar-refractivity contribution in [2.75, 3.05) is 26.4 Å². The second-order valence-electron chi connectivity index (χ2n) is 26.3. The summed E-state index contributed by atoms with van der Waals surface area (Å²) in [7, 11) is 0. The summed E-state index contributed by atoms with van der Waals surface area (Å²) in [4.78, 5) is 0. The maximum Gasteiger partial charge on any atom is 0.119 e. The number of nitrogens with zero attached hydrogens (tertiary/aromatic N) is 6. The summed E-state index contributed by atoms with van der Waals surface area (Å²) in [6.07, 6.45) is 18.4. The Labute approximate surface area is 589 Å². The maximum absolute atomic E-state index is 6.36. The monoisotopic (exact) mass is 1320 g/mol. The fourth-order valence-electron chi connectivity index (χ4n) is 13.7. The summed E-state index contributed by atoms with van der Waals surface area (Å²) in [5.74, 6) is 3.46. The van der Waals surface area contributed by atoms with Crippen LogP contribution in [0.15, 0.2) is 267 Å². The molecule has 8 heterocycles. The van der Waals surface area contributed by atoms with Crippen LogP contribution in [0.1, 0.15) is 130 Å². The standard InChI is InChI=1S/C90H96N6O4/c1-5-9-13-17-61-97-87-53-45-75(46-54-87)91-69-33-35-70(36-34-69)92(76-47-55-88(56-48-76)98-62-18-14-10-6-2)80-26-23-31-85(67-80)96-74-43-41-73(42-44-74)95(83-29-21-25-79(91)65-83)84-30-22-27-81(66-84)93(77-49-57-89(58-50-77)99-63-19-15-11-7-3)71-37-39-72(40-38-71)94(82-28-24-32-86(96)68-82)78-51-59-90(60-52-78)100-64-20-16-12-8-4/h21-60,65-68H,5-20,61-64H2,1-4H3. The van der Waals surface area contributed by atoms with Gasteiger partial charge in [-0.05, 0) is 268 Å². The fourth-order valence-corrected chi connectivity index (χ4v) is 13.7. The van der Waals surface area contributed by atoms with Crippen LogP contribution in [-0.2, 0) is 0 Å². The Hall–Kier alpha value is -10.6. The minimum absolute atomic E-state index is 0.693. The van der Waals surface area contributed by atoms with Crippen LogP contribution < -0.4 is 18.9 Å². The number of hydrogen-bond acceptors (Lipinski definition) is 4. The van der Waals surface area contributed by atoms with Crippen LogP contribution in [0, 0.1) is 0 Å². The van der Waals surface area contributed by atoms with Gasteiger partial charge < -0.3 is 46.0 Å². The molecule has 0 fully saturated rings. The molecule has 0 aliphatic carbocycles. The van der Waals surface area contributed by atoms with Crippen molar-refractivity contribution in [2.45, 2.75) is 130 Å². The van der Waals surface area contributed by atoms with Gasteiger partial charge in [0.2, 0.25) is 0 Å². The van der Waals surface area contributed by atoms with Gasteiger partial charge >= 0.3 is 0 Å². The average Bonchev–Trinajstić information content (AvgIpc) is 0.774. The lowest BCUT2D eigenvalue weighted by Crippen LogP contribution is -2.01. The SMILES string of the molecule is CCCCCCOc1ccc(-n2c3ccc(cc3)n(-c3ccc(OCCCCCC)cc3)c3cccc(c3)n3c4ccc(cc4)n(c4cccc2c4)c2cccc(c2)n(-c2ccc(OCCCCCC)cc2)c2ccc(cc2)n(-c2ccc(OCCCCCC)cc2)c2cccc3c2)cc1. The van der Waals surface area contributed by atoms with Crippen LogP contribution in [0.25, 0.3) is 100.0 Å². The molecular weight excluding hydrogens is 1230 g/mol. The highest BCUT2D eigenvalue weighted by atomic mass is 16.5. The molecule has 0 amide bonds. The molecule has 8 aromatic heterocycles. The van der Waals surface area contributed by atoms with E-state index in [4.69, 9.17) is 18.9 Å². The average molecular weight is 1330 g/mol. The van der Waals surface area contributed by atoms with E-state index in [0.29, 0.717) is 26.4 Å². The summed E-state index contributed by atoms with van der Waals surface area (Å²) in [5.41, 5.74) is 18.0. The van der Waals surface area contributed by atoms with Gasteiger partial charge in [-0.15, -0.1) is 0 Å². The highest BCUT2D eigenvalue weighted by molar-refractivity contribution is 5.81. The van der Waals surface area contributed by atoms with Gasteiger partial charge in [0.15, 0.2) is 0 Å². The van der Waals surface area contributed by atoms with Gasteiger partial charge in [-0.1, -0.05) is 129 Å². The van der Waals surface area contributed by atoms with Gasteiger partial charge in [-0.2, -0.15) is 0 Å². The lowest BCUT2D eigenvalue weighted by atomic mass is 10.2. The molecule has 16 bridgehead atoms. The lowest BCUT2D eigenvalue weighted by Gasteiger charge is -2.16. The molecule has 19 aromatic rings. The Kier molecular flexibility index (Phi) is 23.0. The van der Waals surface area contributed by atoms with Crippen molar-refractivity contribution in [3.8, 4) is 45.7 Å². The Morgan fingerprint density at radius 2 is 0.390 bits per heavy atom. The highest BCUT2D eigenvalue weighted by Crippen LogP contribution is 2.30. The van der Waals surface area contributed by atoms with E-state index in [2.05, 4.69) is 322 Å². The van der Waals surface area contributed by atoms with Crippen molar-refractivity contribution in [3.05, 3.63) is 267 Å². The number of benzene rings is 11. The minimum atomic E-state index is 0.693. The topological polar surface area (TPSA) is 65.5 Å². The molecule has 19 rings (SSSR count). The molecule has 10 heteroatoms. The van der Waals surface area contributed by atoms with E-state index in [1.165, 1.54) is 51.4 Å². The molecule has 0 spiro atoms. The van der Waals surface area contributed by atoms with Crippen molar-refractivity contribution in [1.29, 1.82) is 0 Å². The zero-order chi connectivity index (χ0) is 68.2. The number of hydrogen-bond donors (Lipinski definition) is 0. The van der Waals surface area contributed by atoms with Crippen LogP contribution in [0.3, 0.4) is 0 Å². The van der Waals surface area contributed by atoms with Crippen LogP contribution >= 0.6 is 0 Å². The van der Waals surface area contributed by atoms with Crippen molar-refractivity contribution >= 4 is 77.2 Å². The third-order valence-electron chi connectivity index (χ3n) is 18.9. The largest absolute Gasteiger partial charge is 0.494 e. The first-order valence-corrected chi connectivity index (χ1v) is 36.9. The summed E-state index contributed by atoms with van der Waals surface area (Å²) in [5, 5.41) is 0. The third kappa shape index (κ3) is 16.4. The van der Waals surface area contributed by atoms with Crippen molar-refractivity contribution < 1.29 is 18.9 Å². The molecule has 0 atom stereocenters. The number of aromatic nitrogens is 6. The molecule has 0 saturated carbocycles. The first-order valence-electron chi connectivity index (χ1n) is 36.9. The number of unbranched alkanes of at least 4 members (excludes halogenated alkanes) is 12. The predicted molar refractivity (Wildman–Crippen MR) is 420 cm³/mol. The number of ether oxygens (including phenoxy) is 4. The maximum atomic E-state index is 6.36. The van der Waals surface area contributed by atoms with E-state index in [1.54, 1.807) is 0 Å². The van der Waals surface area contributed by atoms with Crippen LogP contribution in [-0.4, -0.2) is 53.5 Å². The van der Waals surface area contributed by atoms with Gasteiger partial charge in [-0.3, -0.25) is 0 Å². The normalized spacial score (nSPS) is 11.4. The summed E-state index contributed by atoms with van der Waals surface area (Å²) in [6, 6.07) is 97.4. The van der Waals surface area contributed by atoms with E-state index in [0.717, 1.165) is 174 Å². The van der Waals surface area contributed by atoms with Gasteiger partial charge in [0, 0.05) is 100.0 Å². The summed E-state index contributed by atoms with van der Waals surface area (Å²) >= 11 is 0. The van der Waals surface area contributed by atoms with Crippen LogP contribution in [0.5, 0.6) is 23.0 Å². The van der Waals surface area contributed by atoms with E-state index in [-0.39, 0.29) is 0 Å². The Balaban J connectivity index is 1.12. The number of rotatable bonds is 28. The molecule has 0 unspecified atom stereocenters. The zero-order valence-electron chi connectivity index (χ0n) is 58.9. The first-order chi connectivity index (χ1) is 49.4. The molecule has 11 aromatic carbocycles. The molecule has 10 nitrogen and oxygen atoms in total. The molecule has 510 valence electrons. The molecular formula is C90H96N6O4. The lowest BCUT2D eigenvalue weighted by molar-refractivity contribution is 0.305. The second-order valence-corrected chi connectivity index (χ2v) is 26.3. The Morgan fingerprint density at radius 1 is 0.190 bits per heavy atom. The van der Waals surface area contributed by atoms with Gasteiger partial charge in [0.05, 0.1) is 26.4 Å². The van der Waals surface area contributed by atoms with Crippen molar-refractivity contribution in [1.82, 2.24) is 27.1 Å². The van der Waals surface area contributed by atoms with E-state index in [9.17, 15) is 0 Å². The van der Waals surface area contributed by atoms with Gasteiger partial charge in [0.25, 0.3) is 0 Å². The summed E-state index contributed by atoms with van der Waals surface area (Å²) < 4.78 is 39.7. The molecule has 100 heavy (non-hydrogen) atoms. The fraction of sp³-hybridized carbons (Fsp3) is 0.267. The predicted octanol–water partition coefficient (Wildman–Crippen LogP) is 24.6. The van der Waals surface area contributed by atoms with Crippen LogP contribution in [0.2, 0.25) is 0 Å². The molecule has 0 aliphatic rings. The quantitative estimate of drug-likeness (QED) is 0.0458. The zero-order valence-corrected chi connectivity index (χ0v) is 58.9. The second kappa shape index (κ2) is 33.8. The smallest absolute Gasteiger partial charge is 0.119 e. The molecule has 0 N–H and O–H groups in total. The Morgan fingerprint density at radius 3 is 0.600 bits per heavy atom. The third-order valence-corrected chi connectivity index (χ3v) is 18.9. The molecule has 0 aliphatic heterocycles. The van der Waals surface area contributed by atoms with Crippen molar-refractivity contribution in [3.63, 3.8) is 0 Å². The molecule has 0 saturated heterocycles.